The normalized spacial score (nSPS) is 27.7. The molecule has 1 aromatic rings. The molecule has 0 radical (unpaired) electrons. The van der Waals surface area contributed by atoms with Crippen LogP contribution in [0.5, 0.6) is 0 Å². The third kappa shape index (κ3) is 2.73. The Hall–Kier alpha value is -2.39. The Morgan fingerprint density at radius 3 is 2.19 bits per heavy atom. The summed E-state index contributed by atoms with van der Waals surface area (Å²) in [6.45, 7) is 0. The van der Waals surface area contributed by atoms with E-state index in [4.69, 9.17) is 9.47 Å². The fourth-order valence-corrected chi connectivity index (χ4v) is 2.73. The molecule has 1 N–H and O–H groups in total. The number of hydrogen-bond acceptors (Lipinski definition) is 6. The highest BCUT2D eigenvalue weighted by molar-refractivity contribution is 5.84. The first-order valence-electron chi connectivity index (χ1n) is 6.50. The Morgan fingerprint density at radius 2 is 1.67 bits per heavy atom. The lowest BCUT2D eigenvalue weighted by atomic mass is 9.84. The van der Waals surface area contributed by atoms with Gasteiger partial charge in [-0.25, -0.2) is 0 Å². The number of carbonyl (C=O) groups excluding carboxylic acids is 2. The average molecular weight is 288 g/mol. The zero-order valence-corrected chi connectivity index (χ0v) is 11.8. The molecular formula is C15H16N2O4. The van der Waals surface area contributed by atoms with Crippen LogP contribution < -0.4 is 5.32 Å². The Bertz CT molecular complexity index is 567. The van der Waals surface area contributed by atoms with E-state index in [0.29, 0.717) is 0 Å². The van der Waals surface area contributed by atoms with E-state index >= 15 is 0 Å². The molecule has 0 saturated carbocycles. The van der Waals surface area contributed by atoms with Gasteiger partial charge in [0.1, 0.15) is 12.0 Å². The number of esters is 2. The predicted octanol–water partition coefficient (Wildman–Crippen LogP) is 0.801. The van der Waals surface area contributed by atoms with Crippen LogP contribution in [0.2, 0.25) is 0 Å². The van der Waals surface area contributed by atoms with Crippen LogP contribution in [0.25, 0.3) is 0 Å². The molecule has 0 bridgehead atoms. The minimum Gasteiger partial charge on any atom is -0.469 e. The summed E-state index contributed by atoms with van der Waals surface area (Å²) in [6, 6.07) is 9.94. The second kappa shape index (κ2) is 6.37. The monoisotopic (exact) mass is 288 g/mol. The third-order valence-electron chi connectivity index (χ3n) is 3.71. The third-order valence-corrected chi connectivity index (χ3v) is 3.71. The number of carbonyl (C=O) groups is 2. The highest BCUT2D eigenvalue weighted by Crippen LogP contribution is 2.38. The molecule has 21 heavy (non-hydrogen) atoms. The molecule has 1 saturated heterocycles. The summed E-state index contributed by atoms with van der Waals surface area (Å²) in [7, 11) is 2.50. The van der Waals surface area contributed by atoms with E-state index < -0.39 is 35.9 Å². The summed E-state index contributed by atoms with van der Waals surface area (Å²) < 4.78 is 9.55. The van der Waals surface area contributed by atoms with Gasteiger partial charge in [0, 0.05) is 6.04 Å². The Morgan fingerprint density at radius 1 is 1.10 bits per heavy atom. The maximum atomic E-state index is 12.1. The molecule has 1 fully saturated rings. The Labute approximate surface area is 122 Å². The summed E-state index contributed by atoms with van der Waals surface area (Å²) in [5.74, 6) is -2.82. The van der Waals surface area contributed by atoms with Crippen molar-refractivity contribution >= 4 is 11.9 Å². The number of nitrogens with one attached hydrogen (secondary N) is 1. The van der Waals surface area contributed by atoms with Crippen LogP contribution in [-0.4, -0.2) is 32.2 Å². The quantitative estimate of drug-likeness (QED) is 0.828. The van der Waals surface area contributed by atoms with Gasteiger partial charge in [0.15, 0.2) is 0 Å². The fraction of sp³-hybridized carbons (Fsp3) is 0.400. The van der Waals surface area contributed by atoms with Gasteiger partial charge in [-0.1, -0.05) is 30.3 Å². The van der Waals surface area contributed by atoms with Gasteiger partial charge in [0.25, 0.3) is 0 Å². The lowest BCUT2D eigenvalue weighted by molar-refractivity contribution is -0.156. The predicted molar refractivity (Wildman–Crippen MR) is 72.7 cm³/mol. The van der Waals surface area contributed by atoms with Gasteiger partial charge in [0.2, 0.25) is 0 Å². The smallest absolute Gasteiger partial charge is 0.312 e. The molecule has 1 aromatic carbocycles. The molecule has 2 rings (SSSR count). The number of benzene rings is 1. The van der Waals surface area contributed by atoms with Crippen molar-refractivity contribution in [2.24, 2.45) is 11.8 Å². The number of hydrogen-bond donors (Lipinski definition) is 1. The zero-order valence-electron chi connectivity index (χ0n) is 11.8. The van der Waals surface area contributed by atoms with Crippen molar-refractivity contribution in [1.29, 1.82) is 5.26 Å². The molecule has 0 unspecified atom stereocenters. The molecule has 1 heterocycles. The second-order valence-electron chi connectivity index (χ2n) is 4.76. The second-order valence-corrected chi connectivity index (χ2v) is 4.76. The van der Waals surface area contributed by atoms with Crippen molar-refractivity contribution < 1.29 is 19.1 Å². The standard InChI is InChI=1S/C15H16N2O4/c1-20-14(18)11-10(8-16)17-13(12(11)15(19)21-2)9-6-4-3-5-7-9/h3-7,10-13,17H,1-2H3/t10-,11-,12+,13+/m1/s1. The van der Waals surface area contributed by atoms with E-state index in [2.05, 4.69) is 5.32 Å². The van der Waals surface area contributed by atoms with Crippen LogP contribution in [0, 0.1) is 23.2 Å². The minimum atomic E-state index is -0.891. The fourth-order valence-electron chi connectivity index (χ4n) is 2.73. The van der Waals surface area contributed by atoms with Gasteiger partial charge in [-0.15, -0.1) is 0 Å². The molecule has 0 aliphatic carbocycles. The number of nitrogens with zero attached hydrogens (tertiary/aromatic N) is 1. The first kappa shape index (κ1) is 15.0. The highest BCUT2D eigenvalue weighted by Gasteiger charge is 2.52. The minimum absolute atomic E-state index is 0.465. The van der Waals surface area contributed by atoms with Crippen molar-refractivity contribution in [2.75, 3.05) is 14.2 Å². The van der Waals surface area contributed by atoms with E-state index in [1.165, 1.54) is 14.2 Å². The van der Waals surface area contributed by atoms with Crippen LogP contribution in [-0.2, 0) is 19.1 Å². The van der Waals surface area contributed by atoms with Gasteiger partial charge in [0.05, 0.1) is 26.2 Å². The number of methoxy groups -OCH3 is 2. The van der Waals surface area contributed by atoms with Gasteiger partial charge < -0.3 is 9.47 Å². The molecule has 110 valence electrons. The summed E-state index contributed by atoms with van der Waals surface area (Å²) in [6.07, 6.45) is 0. The van der Waals surface area contributed by atoms with Crippen LogP contribution in [0.15, 0.2) is 30.3 Å². The lowest BCUT2D eigenvalue weighted by Crippen LogP contribution is -2.35. The van der Waals surface area contributed by atoms with Crippen LogP contribution in [0.1, 0.15) is 11.6 Å². The summed E-state index contributed by atoms with van der Waals surface area (Å²) in [5, 5.41) is 12.3. The molecule has 4 atom stereocenters. The number of nitriles is 1. The zero-order chi connectivity index (χ0) is 15.4. The van der Waals surface area contributed by atoms with Crippen molar-refractivity contribution in [2.45, 2.75) is 12.1 Å². The largest absolute Gasteiger partial charge is 0.469 e. The first-order chi connectivity index (χ1) is 10.1. The van der Waals surface area contributed by atoms with Crippen molar-refractivity contribution in [1.82, 2.24) is 5.32 Å². The van der Waals surface area contributed by atoms with Crippen molar-refractivity contribution in [3.05, 3.63) is 35.9 Å². The van der Waals surface area contributed by atoms with Crippen molar-refractivity contribution in [3.8, 4) is 6.07 Å². The molecule has 1 aliphatic rings. The molecule has 0 spiro atoms. The van der Waals surface area contributed by atoms with Crippen molar-refractivity contribution in [3.63, 3.8) is 0 Å². The Balaban J connectivity index is 2.43. The first-order valence-corrected chi connectivity index (χ1v) is 6.50. The summed E-state index contributed by atoms with van der Waals surface area (Å²) in [4.78, 5) is 24.1. The SMILES string of the molecule is COC(=O)[C@H]1[C@H](C(=O)OC)[C@H](c2ccccc2)N[C@@H]1C#N. The summed E-state index contributed by atoms with van der Waals surface area (Å²) >= 11 is 0. The van der Waals surface area contributed by atoms with Crippen LogP contribution in [0.3, 0.4) is 0 Å². The molecular weight excluding hydrogens is 272 g/mol. The summed E-state index contributed by atoms with van der Waals surface area (Å²) in [5.41, 5.74) is 0.819. The van der Waals surface area contributed by atoms with Gasteiger partial charge in [-0.2, -0.15) is 5.26 Å². The number of ether oxygens (including phenoxy) is 2. The number of rotatable bonds is 3. The molecule has 6 nitrogen and oxygen atoms in total. The van der Waals surface area contributed by atoms with E-state index in [-0.39, 0.29) is 0 Å². The Kier molecular flexibility index (Phi) is 4.55. The molecule has 1 aliphatic heterocycles. The maximum Gasteiger partial charge on any atom is 0.312 e. The molecule has 6 heteroatoms. The van der Waals surface area contributed by atoms with E-state index in [1.807, 2.05) is 36.4 Å². The van der Waals surface area contributed by atoms with E-state index in [1.54, 1.807) is 0 Å². The highest BCUT2D eigenvalue weighted by atomic mass is 16.5. The average Bonchev–Trinajstić information content (AvgIpc) is 2.93. The molecule has 0 amide bonds. The van der Waals surface area contributed by atoms with E-state index in [0.717, 1.165) is 5.56 Å². The van der Waals surface area contributed by atoms with Gasteiger partial charge in [-0.3, -0.25) is 14.9 Å². The molecule has 0 aromatic heterocycles. The maximum absolute atomic E-state index is 12.1. The van der Waals surface area contributed by atoms with Gasteiger partial charge in [-0.05, 0) is 5.56 Å². The van der Waals surface area contributed by atoms with Crippen LogP contribution >= 0.6 is 0 Å². The lowest BCUT2D eigenvalue weighted by Gasteiger charge is -2.20. The van der Waals surface area contributed by atoms with Crippen LogP contribution in [0.4, 0.5) is 0 Å². The van der Waals surface area contributed by atoms with Gasteiger partial charge >= 0.3 is 11.9 Å². The topological polar surface area (TPSA) is 88.4 Å². The van der Waals surface area contributed by atoms with E-state index in [9.17, 15) is 14.9 Å².